The van der Waals surface area contributed by atoms with E-state index in [1.165, 1.54) is 42.8 Å². The lowest BCUT2D eigenvalue weighted by Crippen LogP contribution is -2.53. The highest BCUT2D eigenvalue weighted by Gasteiger charge is 2.75. The molecule has 12 heteroatoms. The minimum absolute atomic E-state index is 0.0543. The van der Waals surface area contributed by atoms with E-state index in [0.29, 0.717) is 25.7 Å². The molecule has 4 saturated carbocycles. The number of carbonyl (C=O) groups is 2. The van der Waals surface area contributed by atoms with E-state index < -0.39 is 64.1 Å². The summed E-state index contributed by atoms with van der Waals surface area (Å²) in [5.41, 5.74) is -5.89. The topological polar surface area (TPSA) is 79.5 Å². The fraction of sp³-hybridized carbons (Fsp3) is 0.500. The second-order valence-electron chi connectivity index (χ2n) is 11.2. The van der Waals surface area contributed by atoms with E-state index in [-0.39, 0.29) is 34.0 Å². The van der Waals surface area contributed by atoms with Crippen LogP contribution >= 0.6 is 0 Å². The summed E-state index contributed by atoms with van der Waals surface area (Å²) in [6, 6.07) is 5.40. The Kier molecular flexibility index (Phi) is 6.42. The van der Waals surface area contributed by atoms with E-state index >= 15 is 8.78 Å². The van der Waals surface area contributed by atoms with Crippen LogP contribution in [0.4, 0.5) is 30.7 Å². The van der Waals surface area contributed by atoms with Crippen LogP contribution in [-0.2, 0) is 16.6 Å². The Bertz CT molecular complexity index is 1450. The first-order valence-electron chi connectivity index (χ1n) is 12.8. The molecule has 1 aromatic heterocycles. The number of hydrogen-bond acceptors (Lipinski definition) is 2. The Hall–Kier alpha value is -3.31. The van der Waals surface area contributed by atoms with Gasteiger partial charge in [-0.2, -0.15) is 30.7 Å². The van der Waals surface area contributed by atoms with Crippen molar-refractivity contribution >= 4 is 28.4 Å². The van der Waals surface area contributed by atoms with Crippen molar-refractivity contribution in [3.05, 3.63) is 52.2 Å². The van der Waals surface area contributed by atoms with Gasteiger partial charge in [0.2, 0.25) is 0 Å². The van der Waals surface area contributed by atoms with Crippen molar-refractivity contribution in [1.29, 1.82) is 0 Å². The SMILES string of the molecule is Cc1c(/C(=C(\C(=O)O)C(C(=O)O)=C2C3CC4CC(C3)CC2C4)C(F)(F)C(F)(F)C(F)(F)F)c2ccccc2n1C. The minimum Gasteiger partial charge on any atom is -0.478 e. The van der Waals surface area contributed by atoms with E-state index in [2.05, 4.69) is 0 Å². The molecule has 0 unspecified atom stereocenters. The molecule has 0 aliphatic heterocycles. The lowest BCUT2D eigenvalue weighted by Gasteiger charge is -2.52. The molecule has 0 spiro atoms. The monoisotopic (exact) mass is 573 g/mol. The third-order valence-electron chi connectivity index (χ3n) is 8.95. The zero-order valence-corrected chi connectivity index (χ0v) is 21.5. The van der Waals surface area contributed by atoms with Gasteiger partial charge in [0.25, 0.3) is 0 Å². The predicted molar refractivity (Wildman–Crippen MR) is 130 cm³/mol. The number of halogens is 7. The first-order valence-corrected chi connectivity index (χ1v) is 12.8. The van der Waals surface area contributed by atoms with Crippen molar-refractivity contribution in [2.45, 2.75) is 57.0 Å². The van der Waals surface area contributed by atoms with E-state index in [0.717, 1.165) is 6.42 Å². The fourth-order valence-corrected chi connectivity index (χ4v) is 7.42. The summed E-state index contributed by atoms with van der Waals surface area (Å²) in [5.74, 6) is -17.7. The number of hydrogen-bond donors (Lipinski definition) is 2. The molecule has 1 heterocycles. The van der Waals surface area contributed by atoms with Crippen LogP contribution in [0.1, 0.15) is 43.4 Å². The van der Waals surface area contributed by atoms with Gasteiger partial charge in [0.1, 0.15) is 0 Å². The summed E-state index contributed by atoms with van der Waals surface area (Å²) in [6.45, 7) is 1.17. The third-order valence-corrected chi connectivity index (χ3v) is 8.95. The summed E-state index contributed by atoms with van der Waals surface area (Å²) >= 11 is 0. The second kappa shape index (κ2) is 9.10. The Morgan fingerprint density at radius 2 is 1.38 bits per heavy atom. The maximum Gasteiger partial charge on any atom is 0.460 e. The number of alkyl halides is 7. The zero-order valence-electron chi connectivity index (χ0n) is 21.5. The molecule has 0 saturated heterocycles. The highest BCUT2D eigenvalue weighted by atomic mass is 19.4. The molecule has 40 heavy (non-hydrogen) atoms. The third kappa shape index (κ3) is 3.96. The average Bonchev–Trinajstić information content (AvgIpc) is 3.08. The van der Waals surface area contributed by atoms with E-state index in [1.54, 1.807) is 0 Å². The zero-order chi connectivity index (χ0) is 29.5. The van der Waals surface area contributed by atoms with Crippen molar-refractivity contribution in [1.82, 2.24) is 4.57 Å². The van der Waals surface area contributed by atoms with Crippen molar-refractivity contribution in [2.75, 3.05) is 0 Å². The van der Waals surface area contributed by atoms with Crippen molar-refractivity contribution in [2.24, 2.45) is 30.7 Å². The number of aromatic nitrogens is 1. The fourth-order valence-electron chi connectivity index (χ4n) is 7.42. The van der Waals surface area contributed by atoms with Gasteiger partial charge in [0, 0.05) is 29.2 Å². The van der Waals surface area contributed by atoms with Gasteiger partial charge in [0.15, 0.2) is 0 Å². The van der Waals surface area contributed by atoms with Crippen LogP contribution in [-0.4, -0.2) is 44.7 Å². The average molecular weight is 574 g/mol. The quantitative estimate of drug-likeness (QED) is 0.288. The summed E-state index contributed by atoms with van der Waals surface area (Å²) in [5, 5.41) is 20.3. The molecule has 2 aromatic rings. The van der Waals surface area contributed by atoms with Gasteiger partial charge in [-0.3, -0.25) is 0 Å². The molecule has 216 valence electrons. The van der Waals surface area contributed by atoms with Gasteiger partial charge in [-0.25, -0.2) is 9.59 Å². The molecule has 4 bridgehead atoms. The molecule has 4 fully saturated rings. The standard InChI is InChI=1S/C28H26F7NO4/c1-12-19(17-5-3-4-6-18(17)36(12)2)23(26(29,30)27(31,32)28(33,34)35)22(25(39)40)21(24(37)38)20-15-8-13-7-14(10-15)11-16(20)9-13/h3-6,13-16H,7-11H2,1-2H3,(H,37,38)(H,39,40)/b21-20?,23-22+. The number of aliphatic carboxylic acids is 2. The van der Waals surface area contributed by atoms with Crippen LogP contribution in [0.3, 0.4) is 0 Å². The number of para-hydroxylation sites is 1. The predicted octanol–water partition coefficient (Wildman–Crippen LogP) is 7.00. The van der Waals surface area contributed by atoms with E-state index in [9.17, 15) is 41.8 Å². The number of rotatable bonds is 6. The van der Waals surface area contributed by atoms with Gasteiger partial charge in [0.05, 0.1) is 16.7 Å². The molecule has 4 aliphatic rings. The number of carboxylic acids is 2. The smallest absolute Gasteiger partial charge is 0.460 e. The minimum atomic E-state index is -6.77. The van der Waals surface area contributed by atoms with Crippen LogP contribution < -0.4 is 0 Å². The number of benzene rings is 1. The van der Waals surface area contributed by atoms with Gasteiger partial charge in [-0.1, -0.05) is 18.2 Å². The molecule has 1 aromatic carbocycles. The van der Waals surface area contributed by atoms with Gasteiger partial charge in [-0.15, -0.1) is 0 Å². The number of nitrogens with zero attached hydrogens (tertiary/aromatic N) is 1. The van der Waals surface area contributed by atoms with Crippen LogP contribution in [0.15, 0.2) is 41.0 Å². The largest absolute Gasteiger partial charge is 0.478 e. The number of fused-ring (bicyclic) bond motifs is 1. The maximum atomic E-state index is 15.9. The molecule has 0 radical (unpaired) electrons. The summed E-state index contributed by atoms with van der Waals surface area (Å²) in [6.07, 6.45) is -3.97. The molecular formula is C28H26F7NO4. The van der Waals surface area contributed by atoms with Gasteiger partial charge < -0.3 is 14.8 Å². The Labute approximate surface area is 224 Å². The first-order chi connectivity index (χ1) is 18.5. The molecule has 0 amide bonds. The highest BCUT2D eigenvalue weighted by Crippen LogP contribution is 2.59. The van der Waals surface area contributed by atoms with Crippen molar-refractivity contribution in [3.63, 3.8) is 0 Å². The lowest BCUT2D eigenvalue weighted by molar-refractivity contribution is -0.339. The van der Waals surface area contributed by atoms with Crippen LogP contribution in [0, 0.1) is 30.6 Å². The van der Waals surface area contributed by atoms with E-state index in [1.807, 2.05) is 0 Å². The normalized spacial score (nSPS) is 25.4. The first kappa shape index (κ1) is 28.2. The second-order valence-corrected chi connectivity index (χ2v) is 11.2. The van der Waals surface area contributed by atoms with Crippen LogP contribution in [0.5, 0.6) is 0 Å². The maximum absolute atomic E-state index is 15.9. The molecule has 2 N–H and O–H groups in total. The number of allylic oxidation sites excluding steroid dienone is 2. The van der Waals surface area contributed by atoms with Crippen LogP contribution in [0.2, 0.25) is 0 Å². The molecule has 0 atom stereocenters. The molecule has 5 nitrogen and oxygen atoms in total. The van der Waals surface area contributed by atoms with Crippen molar-refractivity contribution in [3.8, 4) is 0 Å². The Morgan fingerprint density at radius 3 is 1.85 bits per heavy atom. The highest BCUT2D eigenvalue weighted by molar-refractivity contribution is 6.14. The summed E-state index contributed by atoms with van der Waals surface area (Å²) < 4.78 is 103. The van der Waals surface area contributed by atoms with Crippen molar-refractivity contribution < 1.29 is 50.5 Å². The lowest BCUT2D eigenvalue weighted by atomic mass is 9.53. The molecule has 6 rings (SSSR count). The molecular weight excluding hydrogens is 547 g/mol. The number of carboxylic acid groups (broad SMARTS) is 2. The summed E-state index contributed by atoms with van der Waals surface area (Å²) in [7, 11) is 1.35. The van der Waals surface area contributed by atoms with E-state index in [4.69, 9.17) is 0 Å². The van der Waals surface area contributed by atoms with Gasteiger partial charge >= 0.3 is 30.0 Å². The number of aryl methyl sites for hydroxylation is 1. The van der Waals surface area contributed by atoms with Crippen LogP contribution in [0.25, 0.3) is 16.5 Å². The summed E-state index contributed by atoms with van der Waals surface area (Å²) in [4.78, 5) is 25.5. The Morgan fingerprint density at radius 1 is 0.850 bits per heavy atom. The van der Waals surface area contributed by atoms with Gasteiger partial charge in [-0.05, 0) is 74.3 Å². The Balaban J connectivity index is 1.96. The molecule has 4 aliphatic carbocycles.